The van der Waals surface area contributed by atoms with Crippen LogP contribution in [0.5, 0.6) is 0 Å². The normalized spacial score (nSPS) is 26.6. The zero-order valence-corrected chi connectivity index (χ0v) is 10.9. The lowest BCUT2D eigenvalue weighted by atomic mass is 10.1. The molecule has 0 amide bonds. The lowest BCUT2D eigenvalue weighted by molar-refractivity contribution is 0.0688. The number of hydrogen-bond donors (Lipinski definition) is 2. The summed E-state index contributed by atoms with van der Waals surface area (Å²) in [6, 6.07) is 0. The van der Waals surface area contributed by atoms with E-state index in [1.54, 1.807) is 0 Å². The van der Waals surface area contributed by atoms with Crippen LogP contribution in [0.15, 0.2) is 0 Å². The molecule has 0 radical (unpaired) electrons. The first-order chi connectivity index (χ1) is 8.34. The number of nitrogens with zero attached hydrogens (tertiary/aromatic N) is 2. The van der Waals surface area contributed by atoms with Gasteiger partial charge in [0.25, 0.3) is 0 Å². The first-order valence-corrected chi connectivity index (χ1v) is 7.18. The number of aliphatic hydroxyl groups excluding tert-OH is 1. The first-order valence-electron chi connectivity index (χ1n) is 7.18. The number of nitrogens with one attached hydrogen (secondary N) is 1. The van der Waals surface area contributed by atoms with E-state index >= 15 is 0 Å². The molecule has 100 valence electrons. The SMILES string of the molecule is O[C@@H](CN1CCCCC1)CN1CCCNCC1. The standard InChI is InChI=1S/C13H27N3O/c17-13(11-15-7-2-1-3-8-15)12-16-9-4-5-14-6-10-16/h13-14,17H,1-12H2/t13-/m0/s1. The summed E-state index contributed by atoms with van der Waals surface area (Å²) in [7, 11) is 0. The molecule has 2 N–H and O–H groups in total. The van der Waals surface area contributed by atoms with Crippen molar-refractivity contribution in [2.24, 2.45) is 0 Å². The van der Waals surface area contributed by atoms with Crippen LogP contribution in [0.3, 0.4) is 0 Å². The van der Waals surface area contributed by atoms with Gasteiger partial charge in [0.2, 0.25) is 0 Å². The Hall–Kier alpha value is -0.160. The zero-order valence-electron chi connectivity index (χ0n) is 10.9. The summed E-state index contributed by atoms with van der Waals surface area (Å²) in [5.41, 5.74) is 0. The molecule has 2 rings (SSSR count). The molecular formula is C13H27N3O. The highest BCUT2D eigenvalue weighted by molar-refractivity contribution is 4.74. The number of β-amino-alcohol motifs (C(OH)–C–C–N with tert-alkyl or cyclic N) is 1. The predicted molar refractivity (Wildman–Crippen MR) is 70.2 cm³/mol. The van der Waals surface area contributed by atoms with E-state index in [0.29, 0.717) is 0 Å². The second kappa shape index (κ2) is 7.31. The van der Waals surface area contributed by atoms with Crippen molar-refractivity contribution in [3.8, 4) is 0 Å². The number of piperidine rings is 1. The van der Waals surface area contributed by atoms with Gasteiger partial charge in [0.05, 0.1) is 6.10 Å². The number of aliphatic hydroxyl groups is 1. The van der Waals surface area contributed by atoms with E-state index in [9.17, 15) is 5.11 Å². The average molecular weight is 241 g/mol. The van der Waals surface area contributed by atoms with Gasteiger partial charge in [0.1, 0.15) is 0 Å². The molecule has 17 heavy (non-hydrogen) atoms. The maximum Gasteiger partial charge on any atom is 0.0793 e. The maximum absolute atomic E-state index is 10.1. The molecule has 1 atom stereocenters. The Morgan fingerprint density at radius 1 is 0.824 bits per heavy atom. The third-order valence-electron chi connectivity index (χ3n) is 3.82. The summed E-state index contributed by atoms with van der Waals surface area (Å²) in [4.78, 5) is 4.82. The Labute approximate surface area is 105 Å². The molecule has 4 heteroatoms. The van der Waals surface area contributed by atoms with Gasteiger partial charge >= 0.3 is 0 Å². The first kappa shape index (κ1) is 13.3. The van der Waals surface area contributed by atoms with Crippen LogP contribution in [0, 0.1) is 0 Å². The highest BCUT2D eigenvalue weighted by Crippen LogP contribution is 2.09. The second-order valence-electron chi connectivity index (χ2n) is 5.42. The van der Waals surface area contributed by atoms with Crippen LogP contribution >= 0.6 is 0 Å². The third-order valence-corrected chi connectivity index (χ3v) is 3.82. The molecule has 4 nitrogen and oxygen atoms in total. The Balaban J connectivity index is 1.66. The minimum absolute atomic E-state index is 0.175. The molecule has 0 unspecified atom stereocenters. The van der Waals surface area contributed by atoms with Gasteiger partial charge < -0.3 is 15.3 Å². The molecule has 0 aromatic carbocycles. The lowest BCUT2D eigenvalue weighted by Crippen LogP contribution is -2.43. The van der Waals surface area contributed by atoms with Crippen molar-refractivity contribution in [3.63, 3.8) is 0 Å². The molecule has 0 saturated carbocycles. The molecule has 2 aliphatic rings. The van der Waals surface area contributed by atoms with Gasteiger partial charge in [-0.3, -0.25) is 4.90 Å². The van der Waals surface area contributed by atoms with Crippen molar-refractivity contribution in [2.45, 2.75) is 31.8 Å². The number of likely N-dealkylation sites (tertiary alicyclic amines) is 1. The summed E-state index contributed by atoms with van der Waals surface area (Å²) < 4.78 is 0. The van der Waals surface area contributed by atoms with Crippen molar-refractivity contribution in [2.75, 3.05) is 52.4 Å². The van der Waals surface area contributed by atoms with Crippen LogP contribution in [0.4, 0.5) is 0 Å². The molecule has 0 spiro atoms. The van der Waals surface area contributed by atoms with Crippen LogP contribution < -0.4 is 5.32 Å². The van der Waals surface area contributed by atoms with E-state index in [2.05, 4.69) is 15.1 Å². The van der Waals surface area contributed by atoms with Gasteiger partial charge in [-0.2, -0.15) is 0 Å². The highest BCUT2D eigenvalue weighted by Gasteiger charge is 2.17. The largest absolute Gasteiger partial charge is 0.390 e. The minimum atomic E-state index is -0.175. The van der Waals surface area contributed by atoms with Crippen molar-refractivity contribution in [1.29, 1.82) is 0 Å². The van der Waals surface area contributed by atoms with Gasteiger partial charge in [-0.1, -0.05) is 6.42 Å². The predicted octanol–water partition coefficient (Wildman–Crippen LogP) is 0.129. The Morgan fingerprint density at radius 3 is 2.24 bits per heavy atom. The van der Waals surface area contributed by atoms with E-state index < -0.39 is 0 Å². The maximum atomic E-state index is 10.1. The van der Waals surface area contributed by atoms with E-state index in [1.165, 1.54) is 38.8 Å². The average Bonchev–Trinajstić information content (AvgIpc) is 2.59. The van der Waals surface area contributed by atoms with Crippen molar-refractivity contribution >= 4 is 0 Å². The summed E-state index contributed by atoms with van der Waals surface area (Å²) in [5, 5.41) is 13.5. The van der Waals surface area contributed by atoms with Crippen molar-refractivity contribution < 1.29 is 5.11 Å². The summed E-state index contributed by atoms with van der Waals surface area (Å²) in [6.07, 6.45) is 5.01. The van der Waals surface area contributed by atoms with E-state index in [4.69, 9.17) is 0 Å². The Bertz CT molecular complexity index is 199. The fraction of sp³-hybridized carbons (Fsp3) is 1.00. The smallest absolute Gasteiger partial charge is 0.0793 e. The van der Waals surface area contributed by atoms with Crippen LogP contribution in [-0.4, -0.2) is 73.4 Å². The summed E-state index contributed by atoms with van der Waals surface area (Å²) in [6.45, 7) is 8.47. The summed E-state index contributed by atoms with van der Waals surface area (Å²) >= 11 is 0. The van der Waals surface area contributed by atoms with Crippen LogP contribution in [0.2, 0.25) is 0 Å². The second-order valence-corrected chi connectivity index (χ2v) is 5.42. The molecule has 0 aromatic heterocycles. The van der Waals surface area contributed by atoms with Gasteiger partial charge in [0, 0.05) is 26.2 Å². The number of hydrogen-bond acceptors (Lipinski definition) is 4. The molecule has 2 aliphatic heterocycles. The van der Waals surface area contributed by atoms with Crippen molar-refractivity contribution in [3.05, 3.63) is 0 Å². The highest BCUT2D eigenvalue weighted by atomic mass is 16.3. The number of rotatable bonds is 4. The van der Waals surface area contributed by atoms with E-state index in [0.717, 1.165) is 39.3 Å². The molecule has 2 saturated heterocycles. The Morgan fingerprint density at radius 2 is 1.47 bits per heavy atom. The van der Waals surface area contributed by atoms with Gasteiger partial charge in [-0.05, 0) is 45.4 Å². The monoisotopic (exact) mass is 241 g/mol. The zero-order chi connectivity index (χ0) is 11.9. The fourth-order valence-electron chi connectivity index (χ4n) is 2.88. The summed E-state index contributed by atoms with van der Waals surface area (Å²) in [5.74, 6) is 0. The van der Waals surface area contributed by atoms with Crippen molar-refractivity contribution in [1.82, 2.24) is 15.1 Å². The van der Waals surface area contributed by atoms with E-state index in [1.807, 2.05) is 0 Å². The van der Waals surface area contributed by atoms with Crippen LogP contribution in [-0.2, 0) is 0 Å². The van der Waals surface area contributed by atoms with Gasteiger partial charge in [-0.25, -0.2) is 0 Å². The Kier molecular flexibility index (Phi) is 5.71. The minimum Gasteiger partial charge on any atom is -0.390 e. The van der Waals surface area contributed by atoms with E-state index in [-0.39, 0.29) is 6.10 Å². The third kappa shape index (κ3) is 4.92. The van der Waals surface area contributed by atoms with Crippen LogP contribution in [0.25, 0.3) is 0 Å². The molecule has 0 bridgehead atoms. The molecule has 2 fully saturated rings. The molecule has 0 aliphatic carbocycles. The quantitative estimate of drug-likeness (QED) is 0.734. The van der Waals surface area contributed by atoms with Gasteiger partial charge in [-0.15, -0.1) is 0 Å². The molecular weight excluding hydrogens is 214 g/mol. The van der Waals surface area contributed by atoms with Crippen LogP contribution in [0.1, 0.15) is 25.7 Å². The van der Waals surface area contributed by atoms with Gasteiger partial charge in [0.15, 0.2) is 0 Å². The molecule has 0 aromatic rings. The molecule has 2 heterocycles. The fourth-order valence-corrected chi connectivity index (χ4v) is 2.88. The lowest BCUT2D eigenvalue weighted by Gasteiger charge is -2.30. The topological polar surface area (TPSA) is 38.7 Å².